The minimum atomic E-state index is -4.35. The predicted octanol–water partition coefficient (Wildman–Crippen LogP) is 5.12. The molecule has 0 bridgehead atoms. The van der Waals surface area contributed by atoms with Crippen LogP contribution in [0.4, 0.5) is 13.2 Å². The van der Waals surface area contributed by atoms with Crippen LogP contribution in [0.25, 0.3) is 0 Å². The van der Waals surface area contributed by atoms with E-state index >= 15 is 0 Å². The number of halogens is 4. The number of likely N-dealkylation sites (N-methyl/N-ethyl adjacent to an activating group) is 1. The normalized spacial score (nSPS) is 18.5. The number of aliphatic hydroxyl groups excluding tert-OH is 1. The molecule has 1 aliphatic rings. The van der Waals surface area contributed by atoms with E-state index in [1.807, 2.05) is 38.9 Å². The zero-order valence-corrected chi connectivity index (χ0v) is 18.9. The van der Waals surface area contributed by atoms with E-state index in [9.17, 15) is 18.3 Å². The van der Waals surface area contributed by atoms with E-state index < -0.39 is 23.4 Å². The van der Waals surface area contributed by atoms with Gasteiger partial charge in [-0.05, 0) is 58.1 Å². The van der Waals surface area contributed by atoms with Gasteiger partial charge in [0, 0.05) is 24.1 Å². The second-order valence-corrected chi connectivity index (χ2v) is 8.66. The fraction of sp³-hybridized carbons (Fsp3) is 0.478. The average Bonchev–Trinajstić information content (AvgIpc) is 2.63. The lowest BCUT2D eigenvalue weighted by molar-refractivity contribution is -0.137. The van der Waals surface area contributed by atoms with E-state index in [1.54, 1.807) is 24.3 Å². The molecule has 1 aliphatic heterocycles. The van der Waals surface area contributed by atoms with Gasteiger partial charge in [0.1, 0.15) is 29.8 Å². The molecular formula is C23H29ClF3NO3. The number of ether oxygens (including phenoxy) is 2. The highest BCUT2D eigenvalue weighted by atomic mass is 35.5. The summed E-state index contributed by atoms with van der Waals surface area (Å²) in [6, 6.07) is 10.8. The van der Waals surface area contributed by atoms with Crippen molar-refractivity contribution in [3.63, 3.8) is 0 Å². The van der Waals surface area contributed by atoms with Crippen molar-refractivity contribution in [1.29, 1.82) is 0 Å². The molecule has 1 heterocycles. The number of hydrogen-bond acceptors (Lipinski definition) is 4. The van der Waals surface area contributed by atoms with Gasteiger partial charge in [-0.2, -0.15) is 13.2 Å². The van der Waals surface area contributed by atoms with Crippen molar-refractivity contribution in [1.82, 2.24) is 4.90 Å². The molecule has 2 aromatic carbocycles. The lowest BCUT2D eigenvalue weighted by Gasteiger charge is -2.38. The molecule has 0 saturated heterocycles. The molecule has 0 fully saturated rings. The van der Waals surface area contributed by atoms with Crippen molar-refractivity contribution >= 4 is 12.4 Å². The molecular weight excluding hydrogens is 431 g/mol. The first-order chi connectivity index (χ1) is 13.9. The van der Waals surface area contributed by atoms with E-state index in [-0.39, 0.29) is 24.9 Å². The van der Waals surface area contributed by atoms with Crippen LogP contribution in [0.2, 0.25) is 0 Å². The van der Waals surface area contributed by atoms with E-state index in [0.717, 1.165) is 23.3 Å². The van der Waals surface area contributed by atoms with Gasteiger partial charge in [0.15, 0.2) is 0 Å². The molecule has 4 nitrogen and oxygen atoms in total. The van der Waals surface area contributed by atoms with Gasteiger partial charge in [0.2, 0.25) is 0 Å². The Morgan fingerprint density at radius 2 is 1.81 bits per heavy atom. The molecule has 3 rings (SSSR count). The Balaban J connectivity index is 0.00000341. The van der Waals surface area contributed by atoms with Crippen molar-refractivity contribution in [3.05, 3.63) is 59.2 Å². The molecule has 31 heavy (non-hydrogen) atoms. The monoisotopic (exact) mass is 459 g/mol. The second-order valence-electron chi connectivity index (χ2n) is 8.66. The summed E-state index contributed by atoms with van der Waals surface area (Å²) in [7, 11) is 3.75. The summed E-state index contributed by atoms with van der Waals surface area (Å²) in [5.74, 6) is 1.14. The lowest BCUT2D eigenvalue weighted by atomic mass is 9.80. The van der Waals surface area contributed by atoms with Gasteiger partial charge in [-0.15, -0.1) is 12.4 Å². The van der Waals surface area contributed by atoms with Crippen LogP contribution in [0.15, 0.2) is 42.5 Å². The van der Waals surface area contributed by atoms with Gasteiger partial charge >= 0.3 is 6.18 Å². The summed E-state index contributed by atoms with van der Waals surface area (Å²) in [6.07, 6.45) is -4.32. The molecule has 2 unspecified atom stereocenters. The van der Waals surface area contributed by atoms with Gasteiger partial charge in [0.05, 0.1) is 5.56 Å². The third-order valence-electron chi connectivity index (χ3n) is 5.10. The van der Waals surface area contributed by atoms with Crippen molar-refractivity contribution in [3.8, 4) is 11.5 Å². The summed E-state index contributed by atoms with van der Waals surface area (Å²) in [5.41, 5.74) is 0.590. The Hall–Kier alpha value is -1.96. The summed E-state index contributed by atoms with van der Waals surface area (Å²) in [4.78, 5) is 1.88. The van der Waals surface area contributed by atoms with Gasteiger partial charge in [-0.3, -0.25) is 0 Å². The number of hydrogen-bond donors (Lipinski definition) is 1. The molecule has 0 amide bonds. The average molecular weight is 460 g/mol. The Labute approximate surface area is 187 Å². The topological polar surface area (TPSA) is 41.9 Å². The van der Waals surface area contributed by atoms with E-state index in [2.05, 4.69) is 0 Å². The van der Waals surface area contributed by atoms with E-state index in [0.29, 0.717) is 24.5 Å². The fourth-order valence-electron chi connectivity index (χ4n) is 3.79. The lowest BCUT2D eigenvalue weighted by Crippen LogP contribution is -2.35. The SMILES string of the molecule is CN(C)CC(O)COc1ccc2c(c1)OC(C)(C)CC2c1ccc(C(F)(F)F)cc1.Cl. The minimum absolute atomic E-state index is 0. The maximum Gasteiger partial charge on any atom is 0.416 e. The second kappa shape index (κ2) is 9.67. The number of fused-ring (bicyclic) bond motifs is 1. The number of alkyl halides is 3. The van der Waals surface area contributed by atoms with Gasteiger partial charge in [-0.25, -0.2) is 0 Å². The van der Waals surface area contributed by atoms with Crippen LogP contribution in [-0.2, 0) is 6.18 Å². The Morgan fingerprint density at radius 1 is 1.16 bits per heavy atom. The fourth-order valence-corrected chi connectivity index (χ4v) is 3.79. The number of aliphatic hydroxyl groups is 1. The highest BCUT2D eigenvalue weighted by Gasteiger charge is 2.36. The van der Waals surface area contributed by atoms with Crippen molar-refractivity contribution in [2.45, 2.75) is 44.1 Å². The molecule has 0 spiro atoms. The van der Waals surface area contributed by atoms with Crippen molar-refractivity contribution in [2.24, 2.45) is 0 Å². The maximum atomic E-state index is 12.9. The molecule has 1 N–H and O–H groups in total. The Morgan fingerprint density at radius 3 is 2.39 bits per heavy atom. The first-order valence-corrected chi connectivity index (χ1v) is 9.90. The van der Waals surface area contributed by atoms with Crippen molar-refractivity contribution in [2.75, 3.05) is 27.2 Å². The van der Waals surface area contributed by atoms with Crippen LogP contribution in [0, 0.1) is 0 Å². The molecule has 0 radical (unpaired) electrons. The number of rotatable bonds is 6. The molecule has 0 saturated carbocycles. The highest BCUT2D eigenvalue weighted by Crippen LogP contribution is 2.45. The Bertz CT molecular complexity index is 869. The summed E-state index contributed by atoms with van der Waals surface area (Å²) in [6.45, 7) is 4.57. The zero-order valence-electron chi connectivity index (χ0n) is 18.1. The largest absolute Gasteiger partial charge is 0.491 e. The first-order valence-electron chi connectivity index (χ1n) is 9.90. The summed E-state index contributed by atoms with van der Waals surface area (Å²) >= 11 is 0. The summed E-state index contributed by atoms with van der Waals surface area (Å²) in [5, 5.41) is 9.99. The van der Waals surface area contributed by atoms with Gasteiger partial charge in [-0.1, -0.05) is 18.2 Å². The molecule has 172 valence electrons. The highest BCUT2D eigenvalue weighted by molar-refractivity contribution is 5.85. The first kappa shape index (κ1) is 25.3. The van der Waals surface area contributed by atoms with Gasteiger partial charge in [0.25, 0.3) is 0 Å². The molecule has 8 heteroatoms. The predicted molar refractivity (Wildman–Crippen MR) is 116 cm³/mol. The third-order valence-corrected chi connectivity index (χ3v) is 5.10. The maximum absolute atomic E-state index is 12.9. The van der Waals surface area contributed by atoms with Crippen LogP contribution < -0.4 is 9.47 Å². The molecule has 2 aromatic rings. The van der Waals surface area contributed by atoms with Crippen LogP contribution >= 0.6 is 12.4 Å². The van der Waals surface area contributed by atoms with E-state index in [4.69, 9.17) is 9.47 Å². The van der Waals surface area contributed by atoms with E-state index in [1.165, 1.54) is 0 Å². The minimum Gasteiger partial charge on any atom is -0.491 e. The van der Waals surface area contributed by atoms with Crippen LogP contribution in [-0.4, -0.2) is 49.0 Å². The standard InChI is InChI=1S/C23H28F3NO3.ClH/c1-22(2)12-20(15-5-7-16(8-6-15)23(24,25)26)19-10-9-18(11-21(19)30-22)29-14-17(28)13-27(3)4;/h5-11,17,20,28H,12-14H2,1-4H3;1H. The number of nitrogens with zero attached hydrogens (tertiary/aromatic N) is 1. The van der Waals surface area contributed by atoms with Crippen LogP contribution in [0.1, 0.15) is 42.9 Å². The molecule has 2 atom stereocenters. The van der Waals surface area contributed by atoms with Gasteiger partial charge < -0.3 is 19.5 Å². The number of benzene rings is 2. The third kappa shape index (κ3) is 6.51. The molecule has 0 aromatic heterocycles. The quantitative estimate of drug-likeness (QED) is 0.651. The van der Waals surface area contributed by atoms with Crippen LogP contribution in [0.3, 0.4) is 0 Å². The smallest absolute Gasteiger partial charge is 0.416 e. The Kier molecular flexibility index (Phi) is 7.89. The zero-order chi connectivity index (χ0) is 22.1. The van der Waals surface area contributed by atoms with Crippen molar-refractivity contribution < 1.29 is 27.8 Å². The summed E-state index contributed by atoms with van der Waals surface area (Å²) < 4.78 is 50.6. The molecule has 0 aliphatic carbocycles. The van der Waals surface area contributed by atoms with Crippen LogP contribution in [0.5, 0.6) is 11.5 Å².